The van der Waals surface area contributed by atoms with Gasteiger partial charge in [0.25, 0.3) is 5.91 Å². The first-order valence-corrected chi connectivity index (χ1v) is 9.63. The van der Waals surface area contributed by atoms with Crippen LogP contribution in [0, 0.1) is 0 Å². The predicted molar refractivity (Wildman–Crippen MR) is 114 cm³/mol. The molecule has 0 bridgehead atoms. The second-order valence-electron chi connectivity index (χ2n) is 5.67. The number of carbonyl (C=O) groups excluding carboxylic acids is 2. The number of nitrogens with one attached hydrogen (secondary N) is 2. The Labute approximate surface area is 175 Å². The van der Waals surface area contributed by atoms with Crippen molar-refractivity contribution in [3.8, 4) is 0 Å². The molecule has 1 aromatic heterocycles. The van der Waals surface area contributed by atoms with Crippen LogP contribution in [-0.2, 0) is 4.79 Å². The molecule has 0 spiro atoms. The predicted octanol–water partition coefficient (Wildman–Crippen LogP) is 5.14. The minimum absolute atomic E-state index is 0.139. The maximum Gasteiger partial charge on any atom is 0.286 e. The van der Waals surface area contributed by atoms with Crippen LogP contribution in [-0.4, -0.2) is 22.0 Å². The molecule has 0 aliphatic heterocycles. The van der Waals surface area contributed by atoms with Gasteiger partial charge in [-0.2, -0.15) is 0 Å². The van der Waals surface area contributed by atoms with Crippen molar-refractivity contribution in [2.75, 3.05) is 10.6 Å². The number of amides is 2. The van der Waals surface area contributed by atoms with E-state index in [0.29, 0.717) is 26.4 Å². The molecule has 0 fully saturated rings. The standard InChI is InChI=1S/C19H14Cl2N4O2S/c1-11(26)22-14-6-2-12(3-7-14)10-16(21)18-24-25-19(28-18)17(27)23-15-8-4-13(20)5-9-15/h2-10H,1H3,(H,22,26)(H,23,27)/b16-10-. The molecule has 0 aliphatic carbocycles. The molecule has 9 heteroatoms. The van der Waals surface area contributed by atoms with Crippen LogP contribution in [0.25, 0.3) is 11.1 Å². The highest BCUT2D eigenvalue weighted by Crippen LogP contribution is 2.26. The van der Waals surface area contributed by atoms with Crippen molar-refractivity contribution in [1.29, 1.82) is 0 Å². The summed E-state index contributed by atoms with van der Waals surface area (Å²) in [6, 6.07) is 13.9. The van der Waals surface area contributed by atoms with Crippen LogP contribution in [0.1, 0.15) is 27.3 Å². The van der Waals surface area contributed by atoms with E-state index in [4.69, 9.17) is 23.2 Å². The number of nitrogens with zero attached hydrogens (tertiary/aromatic N) is 2. The van der Waals surface area contributed by atoms with E-state index in [1.807, 2.05) is 12.1 Å². The summed E-state index contributed by atoms with van der Waals surface area (Å²) in [5.41, 5.74) is 2.12. The number of benzene rings is 2. The zero-order valence-electron chi connectivity index (χ0n) is 14.6. The summed E-state index contributed by atoms with van der Waals surface area (Å²) in [7, 11) is 0. The van der Waals surface area contributed by atoms with E-state index in [9.17, 15) is 9.59 Å². The van der Waals surface area contributed by atoms with Crippen molar-refractivity contribution in [1.82, 2.24) is 10.2 Å². The van der Waals surface area contributed by atoms with E-state index in [0.717, 1.165) is 16.9 Å². The Morgan fingerprint density at radius 2 is 1.50 bits per heavy atom. The molecule has 0 saturated heterocycles. The largest absolute Gasteiger partial charge is 0.326 e. The quantitative estimate of drug-likeness (QED) is 0.584. The fourth-order valence-corrected chi connectivity index (χ4v) is 3.26. The molecule has 2 N–H and O–H groups in total. The molecule has 0 atom stereocenters. The second kappa shape index (κ2) is 8.97. The van der Waals surface area contributed by atoms with Gasteiger partial charge in [-0.05, 0) is 48.0 Å². The van der Waals surface area contributed by atoms with E-state index in [1.54, 1.807) is 42.5 Å². The topological polar surface area (TPSA) is 84.0 Å². The van der Waals surface area contributed by atoms with Gasteiger partial charge in [0.2, 0.25) is 10.9 Å². The average Bonchev–Trinajstić information content (AvgIpc) is 3.15. The Balaban J connectivity index is 1.69. The maximum atomic E-state index is 12.3. The maximum absolute atomic E-state index is 12.3. The highest BCUT2D eigenvalue weighted by Gasteiger charge is 2.15. The number of anilines is 2. The molecule has 0 unspecified atom stereocenters. The van der Waals surface area contributed by atoms with Crippen molar-refractivity contribution in [3.05, 3.63) is 69.1 Å². The Morgan fingerprint density at radius 1 is 0.929 bits per heavy atom. The van der Waals surface area contributed by atoms with Crippen molar-refractivity contribution in [2.24, 2.45) is 0 Å². The van der Waals surface area contributed by atoms with Gasteiger partial charge < -0.3 is 10.6 Å². The molecule has 142 valence electrons. The van der Waals surface area contributed by atoms with Gasteiger partial charge >= 0.3 is 0 Å². The lowest BCUT2D eigenvalue weighted by Crippen LogP contribution is -2.11. The summed E-state index contributed by atoms with van der Waals surface area (Å²) in [5, 5.41) is 14.8. The third kappa shape index (κ3) is 5.39. The minimum atomic E-state index is -0.379. The first-order chi connectivity index (χ1) is 13.4. The molecule has 0 saturated carbocycles. The van der Waals surface area contributed by atoms with E-state index in [1.165, 1.54) is 6.92 Å². The van der Waals surface area contributed by atoms with Gasteiger partial charge in [-0.15, -0.1) is 10.2 Å². The van der Waals surface area contributed by atoms with Crippen LogP contribution in [0.4, 0.5) is 11.4 Å². The molecule has 0 aliphatic rings. The van der Waals surface area contributed by atoms with E-state index >= 15 is 0 Å². The van der Waals surface area contributed by atoms with E-state index in [2.05, 4.69) is 20.8 Å². The van der Waals surface area contributed by atoms with Crippen LogP contribution in [0.15, 0.2) is 48.5 Å². The van der Waals surface area contributed by atoms with Crippen LogP contribution >= 0.6 is 34.5 Å². The molecule has 3 aromatic rings. The number of aromatic nitrogens is 2. The summed E-state index contributed by atoms with van der Waals surface area (Å²) in [6.07, 6.45) is 1.71. The average molecular weight is 433 g/mol. The van der Waals surface area contributed by atoms with Crippen molar-refractivity contribution < 1.29 is 9.59 Å². The van der Waals surface area contributed by atoms with Gasteiger partial charge in [0.05, 0.1) is 5.03 Å². The molecule has 2 amide bonds. The Bertz CT molecular complexity index is 1030. The van der Waals surface area contributed by atoms with Crippen LogP contribution in [0.3, 0.4) is 0 Å². The van der Waals surface area contributed by atoms with Gasteiger partial charge in [-0.3, -0.25) is 9.59 Å². The van der Waals surface area contributed by atoms with E-state index < -0.39 is 0 Å². The zero-order valence-corrected chi connectivity index (χ0v) is 16.9. The highest BCUT2D eigenvalue weighted by atomic mass is 35.5. The number of hydrogen-bond acceptors (Lipinski definition) is 5. The summed E-state index contributed by atoms with van der Waals surface area (Å²) < 4.78 is 0. The van der Waals surface area contributed by atoms with Crippen LogP contribution in [0.5, 0.6) is 0 Å². The van der Waals surface area contributed by atoms with E-state index in [-0.39, 0.29) is 16.8 Å². The summed E-state index contributed by atoms with van der Waals surface area (Å²) in [4.78, 5) is 23.3. The van der Waals surface area contributed by atoms with Gasteiger partial charge in [-0.1, -0.05) is 46.7 Å². The Hall–Kier alpha value is -2.74. The smallest absolute Gasteiger partial charge is 0.286 e. The highest BCUT2D eigenvalue weighted by molar-refractivity contribution is 7.15. The molecular weight excluding hydrogens is 419 g/mol. The number of hydrogen-bond donors (Lipinski definition) is 2. The van der Waals surface area contributed by atoms with Gasteiger partial charge in [-0.25, -0.2) is 0 Å². The first kappa shape index (κ1) is 20.0. The van der Waals surface area contributed by atoms with Crippen molar-refractivity contribution in [3.63, 3.8) is 0 Å². The molecular formula is C19H14Cl2N4O2S. The monoisotopic (exact) mass is 432 g/mol. The molecule has 0 radical (unpaired) electrons. The molecule has 6 nitrogen and oxygen atoms in total. The molecule has 2 aromatic carbocycles. The third-order valence-corrected chi connectivity index (χ3v) is 5.06. The molecule has 28 heavy (non-hydrogen) atoms. The van der Waals surface area contributed by atoms with Gasteiger partial charge in [0.1, 0.15) is 0 Å². The van der Waals surface area contributed by atoms with Crippen molar-refractivity contribution in [2.45, 2.75) is 6.92 Å². The zero-order chi connectivity index (χ0) is 20.1. The lowest BCUT2D eigenvalue weighted by Gasteiger charge is -2.02. The van der Waals surface area contributed by atoms with Crippen molar-refractivity contribution >= 4 is 68.8 Å². The minimum Gasteiger partial charge on any atom is -0.326 e. The summed E-state index contributed by atoms with van der Waals surface area (Å²) >= 11 is 13.2. The number of carbonyl (C=O) groups is 2. The normalized spacial score (nSPS) is 11.2. The Morgan fingerprint density at radius 3 is 2.14 bits per heavy atom. The number of halogens is 2. The lowest BCUT2D eigenvalue weighted by atomic mass is 10.2. The molecule has 3 rings (SSSR count). The second-order valence-corrected chi connectivity index (χ2v) is 7.49. The Kier molecular flexibility index (Phi) is 6.41. The first-order valence-electron chi connectivity index (χ1n) is 8.06. The number of rotatable bonds is 5. The molecule has 1 heterocycles. The fraction of sp³-hybridized carbons (Fsp3) is 0.0526. The van der Waals surface area contributed by atoms with Crippen LogP contribution < -0.4 is 10.6 Å². The SMILES string of the molecule is CC(=O)Nc1ccc(/C=C(\Cl)c2nnc(C(=O)Nc3ccc(Cl)cc3)s2)cc1. The van der Waals surface area contributed by atoms with Crippen LogP contribution in [0.2, 0.25) is 5.02 Å². The van der Waals surface area contributed by atoms with Gasteiger partial charge in [0, 0.05) is 23.3 Å². The summed E-state index contributed by atoms with van der Waals surface area (Å²) in [5.74, 6) is -0.519. The fourth-order valence-electron chi connectivity index (χ4n) is 2.20. The van der Waals surface area contributed by atoms with Gasteiger partial charge in [0.15, 0.2) is 5.01 Å². The third-order valence-electron chi connectivity index (χ3n) is 3.45. The summed E-state index contributed by atoms with van der Waals surface area (Å²) in [6.45, 7) is 1.45. The lowest BCUT2D eigenvalue weighted by molar-refractivity contribution is -0.114.